The molecular formula is C15H23ClN4O. The zero-order valence-electron chi connectivity index (χ0n) is 12.6. The third-order valence-electron chi connectivity index (χ3n) is 3.69. The predicted molar refractivity (Wildman–Crippen MR) is 87.6 cm³/mol. The monoisotopic (exact) mass is 310 g/mol. The highest BCUT2D eigenvalue weighted by Gasteiger charge is 2.26. The first-order valence-corrected chi connectivity index (χ1v) is 7.57. The smallest absolute Gasteiger partial charge is 0.238 e. The third-order valence-corrected chi connectivity index (χ3v) is 4.00. The lowest BCUT2D eigenvalue weighted by Crippen LogP contribution is -2.41. The molecule has 0 bridgehead atoms. The first kappa shape index (κ1) is 16.1. The van der Waals surface area contributed by atoms with Gasteiger partial charge in [0, 0.05) is 18.3 Å². The van der Waals surface area contributed by atoms with Crippen molar-refractivity contribution in [2.75, 3.05) is 44.8 Å². The number of nitrogens with one attached hydrogen (secondary N) is 1. The second-order valence-corrected chi connectivity index (χ2v) is 6.22. The van der Waals surface area contributed by atoms with Crippen molar-refractivity contribution >= 4 is 28.9 Å². The predicted octanol–water partition coefficient (Wildman–Crippen LogP) is 1.89. The van der Waals surface area contributed by atoms with E-state index >= 15 is 0 Å². The minimum absolute atomic E-state index is 0.0349. The Labute approximate surface area is 131 Å². The Balaban J connectivity index is 1.92. The molecule has 116 valence electrons. The summed E-state index contributed by atoms with van der Waals surface area (Å²) in [5.41, 5.74) is 6.84. The molecule has 1 fully saturated rings. The number of likely N-dealkylation sites (N-methyl/N-ethyl adjacent to an activating group) is 1. The maximum atomic E-state index is 12.2. The summed E-state index contributed by atoms with van der Waals surface area (Å²) in [5, 5.41) is 3.32. The van der Waals surface area contributed by atoms with E-state index in [0.717, 1.165) is 25.9 Å². The fraction of sp³-hybridized carbons (Fsp3) is 0.533. The molecule has 3 N–H and O–H groups in total. The Morgan fingerprint density at radius 3 is 2.95 bits per heavy atom. The van der Waals surface area contributed by atoms with Crippen LogP contribution in [-0.4, -0.2) is 55.5 Å². The summed E-state index contributed by atoms with van der Waals surface area (Å²) in [6, 6.07) is 5.55. The van der Waals surface area contributed by atoms with Crippen LogP contribution >= 0.6 is 11.6 Å². The van der Waals surface area contributed by atoms with Gasteiger partial charge in [0.2, 0.25) is 5.91 Å². The van der Waals surface area contributed by atoms with Crippen molar-refractivity contribution < 1.29 is 4.79 Å². The quantitative estimate of drug-likeness (QED) is 0.815. The zero-order valence-corrected chi connectivity index (χ0v) is 13.4. The van der Waals surface area contributed by atoms with Gasteiger partial charge >= 0.3 is 0 Å². The van der Waals surface area contributed by atoms with Crippen molar-refractivity contribution in [1.29, 1.82) is 0 Å². The number of carbonyl (C=O) groups excluding carboxylic acids is 1. The Kier molecular flexibility index (Phi) is 5.45. The molecule has 1 unspecified atom stereocenters. The molecular weight excluding hydrogens is 288 g/mol. The van der Waals surface area contributed by atoms with Crippen LogP contribution in [0, 0.1) is 0 Å². The van der Waals surface area contributed by atoms with Crippen LogP contribution in [0.2, 0.25) is 5.02 Å². The standard InChI is InChI=1S/C15H23ClN4O/c1-19(2)9-12-4-3-7-20(12)10-15(21)18-14-6-5-11(17)8-13(14)16/h5-6,8,12H,3-4,7,9-10,17H2,1-2H3,(H,18,21). The molecule has 21 heavy (non-hydrogen) atoms. The van der Waals surface area contributed by atoms with Crippen molar-refractivity contribution in [3.05, 3.63) is 23.2 Å². The van der Waals surface area contributed by atoms with Gasteiger partial charge in [-0.05, 0) is 51.7 Å². The third kappa shape index (κ3) is 4.59. The van der Waals surface area contributed by atoms with Crippen LogP contribution in [0.15, 0.2) is 18.2 Å². The lowest BCUT2D eigenvalue weighted by Gasteiger charge is -2.26. The highest BCUT2D eigenvalue weighted by atomic mass is 35.5. The maximum absolute atomic E-state index is 12.2. The molecule has 0 saturated carbocycles. The van der Waals surface area contributed by atoms with Crippen molar-refractivity contribution in [3.63, 3.8) is 0 Å². The first-order chi connectivity index (χ1) is 9.95. The van der Waals surface area contributed by atoms with Crippen molar-refractivity contribution in [2.45, 2.75) is 18.9 Å². The average molecular weight is 311 g/mol. The highest BCUT2D eigenvalue weighted by Crippen LogP contribution is 2.24. The van der Waals surface area contributed by atoms with Crippen LogP contribution in [0.1, 0.15) is 12.8 Å². The summed E-state index contributed by atoms with van der Waals surface area (Å²) in [7, 11) is 4.12. The van der Waals surface area contributed by atoms with Gasteiger partial charge in [-0.2, -0.15) is 0 Å². The van der Waals surface area contributed by atoms with Crippen LogP contribution < -0.4 is 11.1 Å². The Hall–Kier alpha value is -1.30. The molecule has 0 spiro atoms. The van der Waals surface area contributed by atoms with E-state index in [1.807, 2.05) is 0 Å². The SMILES string of the molecule is CN(C)CC1CCCN1CC(=O)Nc1ccc(N)cc1Cl. The van der Waals surface area contributed by atoms with Gasteiger partial charge in [-0.15, -0.1) is 0 Å². The molecule has 1 aliphatic rings. The molecule has 1 saturated heterocycles. The van der Waals surface area contributed by atoms with Crippen molar-refractivity contribution in [3.8, 4) is 0 Å². The second-order valence-electron chi connectivity index (χ2n) is 5.82. The van der Waals surface area contributed by atoms with E-state index in [1.54, 1.807) is 18.2 Å². The average Bonchev–Trinajstić information content (AvgIpc) is 2.79. The molecule has 1 aromatic rings. The Morgan fingerprint density at radius 1 is 1.52 bits per heavy atom. The fourth-order valence-electron chi connectivity index (χ4n) is 2.74. The highest BCUT2D eigenvalue weighted by molar-refractivity contribution is 6.34. The number of amides is 1. The number of halogens is 1. The molecule has 1 heterocycles. The number of carbonyl (C=O) groups is 1. The molecule has 1 atom stereocenters. The van der Waals surface area contributed by atoms with Gasteiger partial charge < -0.3 is 16.0 Å². The summed E-state index contributed by atoms with van der Waals surface area (Å²) in [4.78, 5) is 16.6. The van der Waals surface area contributed by atoms with Gasteiger partial charge in [0.25, 0.3) is 0 Å². The zero-order chi connectivity index (χ0) is 15.4. The topological polar surface area (TPSA) is 61.6 Å². The van der Waals surface area contributed by atoms with E-state index in [0.29, 0.717) is 29.0 Å². The van der Waals surface area contributed by atoms with Crippen LogP contribution in [0.5, 0.6) is 0 Å². The van der Waals surface area contributed by atoms with Crippen molar-refractivity contribution in [2.24, 2.45) is 0 Å². The maximum Gasteiger partial charge on any atom is 0.238 e. The fourth-order valence-corrected chi connectivity index (χ4v) is 2.97. The van der Waals surface area contributed by atoms with Gasteiger partial charge in [-0.25, -0.2) is 0 Å². The van der Waals surface area contributed by atoms with Crippen LogP contribution in [0.4, 0.5) is 11.4 Å². The molecule has 1 aromatic carbocycles. The number of nitrogens with zero attached hydrogens (tertiary/aromatic N) is 2. The Bertz CT molecular complexity index is 506. The van der Waals surface area contributed by atoms with E-state index in [9.17, 15) is 4.79 Å². The summed E-state index contributed by atoms with van der Waals surface area (Å²) in [5.74, 6) is -0.0349. The van der Waals surface area contributed by atoms with E-state index in [-0.39, 0.29) is 5.91 Å². The van der Waals surface area contributed by atoms with E-state index < -0.39 is 0 Å². The summed E-state index contributed by atoms with van der Waals surface area (Å²) < 4.78 is 0. The molecule has 6 heteroatoms. The van der Waals surface area contributed by atoms with Gasteiger partial charge in [0.15, 0.2) is 0 Å². The minimum atomic E-state index is -0.0349. The van der Waals surface area contributed by atoms with Gasteiger partial charge in [0.05, 0.1) is 17.3 Å². The molecule has 5 nitrogen and oxygen atoms in total. The number of hydrogen-bond donors (Lipinski definition) is 2. The number of hydrogen-bond acceptors (Lipinski definition) is 4. The number of nitrogen functional groups attached to an aromatic ring is 1. The lowest BCUT2D eigenvalue weighted by molar-refractivity contribution is -0.117. The number of rotatable bonds is 5. The molecule has 1 aliphatic heterocycles. The normalized spacial score (nSPS) is 19.1. The summed E-state index contributed by atoms with van der Waals surface area (Å²) in [6.45, 7) is 2.36. The first-order valence-electron chi connectivity index (χ1n) is 7.19. The lowest BCUT2D eigenvalue weighted by atomic mass is 10.2. The van der Waals surface area contributed by atoms with Crippen LogP contribution in [0.3, 0.4) is 0 Å². The molecule has 2 rings (SSSR count). The van der Waals surface area contributed by atoms with E-state index in [1.165, 1.54) is 0 Å². The number of benzene rings is 1. The molecule has 0 aliphatic carbocycles. The minimum Gasteiger partial charge on any atom is -0.399 e. The van der Waals surface area contributed by atoms with Gasteiger partial charge in [0.1, 0.15) is 0 Å². The van der Waals surface area contributed by atoms with Crippen molar-refractivity contribution in [1.82, 2.24) is 9.80 Å². The summed E-state index contributed by atoms with van der Waals surface area (Å²) >= 11 is 6.07. The van der Waals surface area contributed by atoms with Gasteiger partial charge in [-0.1, -0.05) is 11.6 Å². The van der Waals surface area contributed by atoms with E-state index in [4.69, 9.17) is 17.3 Å². The second kappa shape index (κ2) is 7.11. The van der Waals surface area contributed by atoms with Gasteiger partial charge in [-0.3, -0.25) is 9.69 Å². The number of nitrogens with two attached hydrogens (primary N) is 1. The molecule has 1 amide bonds. The van der Waals surface area contributed by atoms with Crippen LogP contribution in [-0.2, 0) is 4.79 Å². The summed E-state index contributed by atoms with van der Waals surface area (Å²) in [6.07, 6.45) is 2.29. The Morgan fingerprint density at radius 2 is 2.29 bits per heavy atom. The van der Waals surface area contributed by atoms with E-state index in [2.05, 4.69) is 29.2 Å². The number of anilines is 2. The number of likely N-dealkylation sites (tertiary alicyclic amines) is 1. The molecule has 0 radical (unpaired) electrons. The van der Waals surface area contributed by atoms with Crippen LogP contribution in [0.25, 0.3) is 0 Å². The molecule has 0 aromatic heterocycles. The largest absolute Gasteiger partial charge is 0.399 e.